The molecule has 0 spiro atoms. The van der Waals surface area contributed by atoms with E-state index in [9.17, 15) is 5.11 Å². The fraction of sp³-hybridized carbons (Fsp3) is 1.00. The zero-order valence-corrected chi connectivity index (χ0v) is 12.2. The molecule has 0 aliphatic rings. The van der Waals surface area contributed by atoms with Crippen molar-refractivity contribution in [3.8, 4) is 0 Å². The molecule has 4 heteroatoms. The van der Waals surface area contributed by atoms with Crippen LogP contribution < -0.4 is 0 Å². The van der Waals surface area contributed by atoms with Gasteiger partial charge in [-0.3, -0.25) is 0 Å². The van der Waals surface area contributed by atoms with Crippen molar-refractivity contribution in [1.82, 2.24) is 0 Å². The Labute approximate surface area is 112 Å². The summed E-state index contributed by atoms with van der Waals surface area (Å²) in [5.41, 5.74) is 0. The molecule has 18 heavy (non-hydrogen) atoms. The van der Waals surface area contributed by atoms with Crippen LogP contribution in [0.2, 0.25) is 0 Å². The van der Waals surface area contributed by atoms with Crippen LogP contribution in [0.4, 0.5) is 0 Å². The molecule has 0 saturated carbocycles. The van der Waals surface area contributed by atoms with Gasteiger partial charge in [-0.05, 0) is 25.7 Å². The second kappa shape index (κ2) is 14.9. The van der Waals surface area contributed by atoms with Crippen LogP contribution in [0, 0.1) is 5.92 Å². The molecule has 3 unspecified atom stereocenters. The van der Waals surface area contributed by atoms with E-state index in [4.69, 9.17) is 15.3 Å². The normalized spacial score (nSPS) is 15.5. The first-order valence-corrected chi connectivity index (χ1v) is 7.14. The number of rotatable bonds is 9. The molecule has 4 N–H and O–H groups in total. The molecule has 0 saturated heterocycles. The fourth-order valence-electron chi connectivity index (χ4n) is 1.68. The van der Waals surface area contributed by atoms with Gasteiger partial charge in [-0.1, -0.05) is 33.6 Å². The van der Waals surface area contributed by atoms with Crippen molar-refractivity contribution in [1.29, 1.82) is 0 Å². The van der Waals surface area contributed by atoms with Crippen LogP contribution in [0.5, 0.6) is 0 Å². The number of hydrogen-bond donors (Lipinski definition) is 4. The quantitative estimate of drug-likeness (QED) is 0.511. The summed E-state index contributed by atoms with van der Waals surface area (Å²) in [6.07, 6.45) is 4.37. The predicted octanol–water partition coefficient (Wildman–Crippen LogP) is 1.70. The van der Waals surface area contributed by atoms with Crippen LogP contribution in [-0.2, 0) is 0 Å². The van der Waals surface area contributed by atoms with Crippen molar-refractivity contribution in [3.63, 3.8) is 0 Å². The first kappa shape index (κ1) is 20.2. The molecule has 0 bridgehead atoms. The number of aliphatic hydroxyl groups is 4. The lowest BCUT2D eigenvalue weighted by Gasteiger charge is -2.17. The van der Waals surface area contributed by atoms with Gasteiger partial charge < -0.3 is 20.4 Å². The highest BCUT2D eigenvalue weighted by molar-refractivity contribution is 4.65. The van der Waals surface area contributed by atoms with Gasteiger partial charge >= 0.3 is 0 Å². The Balaban J connectivity index is 0. The molecule has 3 atom stereocenters. The van der Waals surface area contributed by atoms with Crippen LogP contribution >= 0.6 is 0 Å². The van der Waals surface area contributed by atoms with Crippen molar-refractivity contribution in [2.24, 2.45) is 5.92 Å². The van der Waals surface area contributed by atoms with E-state index in [0.717, 1.165) is 32.1 Å². The molecule has 0 fully saturated rings. The summed E-state index contributed by atoms with van der Waals surface area (Å²) in [6.45, 7) is 6.24. The average molecular weight is 264 g/mol. The van der Waals surface area contributed by atoms with Crippen LogP contribution in [0.1, 0.15) is 59.3 Å². The molecular formula is C14H32O4. The van der Waals surface area contributed by atoms with E-state index in [2.05, 4.69) is 0 Å². The predicted molar refractivity (Wildman–Crippen MR) is 74.4 cm³/mol. The first-order chi connectivity index (χ1) is 8.56. The van der Waals surface area contributed by atoms with Gasteiger partial charge in [0.05, 0.1) is 12.2 Å². The maximum absolute atomic E-state index is 9.35. The fourth-order valence-corrected chi connectivity index (χ4v) is 1.68. The van der Waals surface area contributed by atoms with Crippen LogP contribution in [0.3, 0.4) is 0 Å². The van der Waals surface area contributed by atoms with E-state index in [-0.39, 0.29) is 31.3 Å². The highest BCUT2D eigenvalue weighted by Crippen LogP contribution is 2.12. The lowest BCUT2D eigenvalue weighted by atomic mass is 9.97. The monoisotopic (exact) mass is 264 g/mol. The van der Waals surface area contributed by atoms with E-state index in [0.29, 0.717) is 6.42 Å². The Morgan fingerprint density at radius 1 is 0.833 bits per heavy atom. The lowest BCUT2D eigenvalue weighted by molar-refractivity contribution is 0.0584. The average Bonchev–Trinajstić information content (AvgIpc) is 2.32. The Morgan fingerprint density at radius 3 is 1.72 bits per heavy atom. The third kappa shape index (κ3) is 12.3. The van der Waals surface area contributed by atoms with Crippen molar-refractivity contribution >= 4 is 0 Å². The molecule has 0 aliphatic heterocycles. The van der Waals surface area contributed by atoms with Gasteiger partial charge in [0, 0.05) is 19.1 Å². The largest absolute Gasteiger partial charge is 0.396 e. The maximum atomic E-state index is 9.35. The Bertz CT molecular complexity index is 143. The number of hydrogen-bond acceptors (Lipinski definition) is 4. The van der Waals surface area contributed by atoms with Crippen molar-refractivity contribution in [2.45, 2.75) is 71.5 Å². The summed E-state index contributed by atoms with van der Waals surface area (Å²) in [7, 11) is 0. The third-order valence-electron chi connectivity index (χ3n) is 2.97. The Kier molecular flexibility index (Phi) is 16.7. The van der Waals surface area contributed by atoms with Crippen molar-refractivity contribution in [3.05, 3.63) is 0 Å². The summed E-state index contributed by atoms with van der Waals surface area (Å²) in [6, 6.07) is 0. The molecular weight excluding hydrogens is 232 g/mol. The van der Waals surface area contributed by atoms with Gasteiger partial charge in [-0.25, -0.2) is 0 Å². The molecule has 4 nitrogen and oxygen atoms in total. The molecule has 0 radical (unpaired) electrons. The van der Waals surface area contributed by atoms with E-state index >= 15 is 0 Å². The van der Waals surface area contributed by atoms with Gasteiger partial charge in [0.1, 0.15) is 0 Å². The van der Waals surface area contributed by atoms with E-state index in [1.54, 1.807) is 0 Å². The van der Waals surface area contributed by atoms with Crippen molar-refractivity contribution in [2.75, 3.05) is 13.2 Å². The maximum Gasteiger partial charge on any atom is 0.0590 e. The lowest BCUT2D eigenvalue weighted by Crippen LogP contribution is -2.22. The van der Waals surface area contributed by atoms with Crippen LogP contribution in [0.15, 0.2) is 0 Å². The highest BCUT2D eigenvalue weighted by atomic mass is 16.3. The van der Waals surface area contributed by atoms with Crippen molar-refractivity contribution < 1.29 is 20.4 Å². The summed E-state index contributed by atoms with van der Waals surface area (Å²) < 4.78 is 0. The van der Waals surface area contributed by atoms with E-state index < -0.39 is 0 Å². The topological polar surface area (TPSA) is 80.9 Å². The summed E-state index contributed by atoms with van der Waals surface area (Å²) >= 11 is 0. The van der Waals surface area contributed by atoms with Gasteiger partial charge in [0.2, 0.25) is 0 Å². The number of aliphatic hydroxyl groups excluding tert-OH is 4. The third-order valence-corrected chi connectivity index (χ3v) is 2.97. The first-order valence-electron chi connectivity index (χ1n) is 7.14. The van der Waals surface area contributed by atoms with Crippen LogP contribution in [-0.4, -0.2) is 45.8 Å². The zero-order chi connectivity index (χ0) is 14.4. The van der Waals surface area contributed by atoms with Gasteiger partial charge in [0.25, 0.3) is 0 Å². The molecule has 0 aromatic heterocycles. The minimum absolute atomic E-state index is 0.0833. The minimum atomic E-state index is -0.306. The van der Waals surface area contributed by atoms with E-state index in [1.807, 2.05) is 20.8 Å². The summed E-state index contributed by atoms with van der Waals surface area (Å²) in [5, 5.41) is 35.3. The molecule has 0 rings (SSSR count). The van der Waals surface area contributed by atoms with Gasteiger partial charge in [-0.2, -0.15) is 0 Å². The second-order valence-corrected chi connectivity index (χ2v) is 4.66. The SMILES string of the molecule is CCCC(O)C(CC)CO.CCCC(O)CCO. The smallest absolute Gasteiger partial charge is 0.0590 e. The minimum Gasteiger partial charge on any atom is -0.396 e. The molecule has 112 valence electrons. The Morgan fingerprint density at radius 2 is 1.39 bits per heavy atom. The molecule has 0 amide bonds. The Hall–Kier alpha value is -0.160. The van der Waals surface area contributed by atoms with Crippen LogP contribution in [0.25, 0.3) is 0 Å². The van der Waals surface area contributed by atoms with Gasteiger partial charge in [0.15, 0.2) is 0 Å². The van der Waals surface area contributed by atoms with E-state index in [1.165, 1.54) is 0 Å². The zero-order valence-electron chi connectivity index (χ0n) is 12.2. The molecule has 0 aliphatic carbocycles. The molecule has 0 aromatic rings. The second-order valence-electron chi connectivity index (χ2n) is 4.66. The highest BCUT2D eigenvalue weighted by Gasteiger charge is 2.14. The summed E-state index contributed by atoms with van der Waals surface area (Å²) in [5.74, 6) is 0.0833. The summed E-state index contributed by atoms with van der Waals surface area (Å²) in [4.78, 5) is 0. The standard InChI is InChI=1S/C8H18O2.C6H14O2/c1-3-5-8(10)7(4-2)6-9;1-2-3-6(8)4-5-7/h7-10H,3-6H2,1-2H3;6-8H,2-5H2,1H3. The molecule has 0 aromatic carbocycles. The van der Waals surface area contributed by atoms with Gasteiger partial charge in [-0.15, -0.1) is 0 Å². The molecule has 0 heterocycles.